The van der Waals surface area contributed by atoms with Gasteiger partial charge in [-0.05, 0) is 56.1 Å². The zero-order valence-corrected chi connectivity index (χ0v) is 17.0. The summed E-state index contributed by atoms with van der Waals surface area (Å²) in [5, 5.41) is 4.22. The van der Waals surface area contributed by atoms with E-state index in [4.69, 9.17) is 9.47 Å². The first-order valence-electron chi connectivity index (χ1n) is 10.1. The smallest absolute Gasteiger partial charge is 0.183 e. The van der Waals surface area contributed by atoms with Crippen LogP contribution in [0.4, 0.5) is 9.52 Å². The summed E-state index contributed by atoms with van der Waals surface area (Å²) in [5.74, 6) is 2.03. The molecule has 0 bridgehead atoms. The quantitative estimate of drug-likeness (QED) is 0.672. The molecule has 2 aliphatic heterocycles. The van der Waals surface area contributed by atoms with E-state index < -0.39 is 0 Å². The van der Waals surface area contributed by atoms with E-state index in [9.17, 15) is 4.39 Å². The highest BCUT2D eigenvalue weighted by molar-refractivity contribution is 7.22. The van der Waals surface area contributed by atoms with E-state index in [2.05, 4.69) is 15.2 Å². The van der Waals surface area contributed by atoms with Crippen molar-refractivity contribution in [3.05, 3.63) is 48.3 Å². The van der Waals surface area contributed by atoms with Crippen molar-refractivity contribution < 1.29 is 13.9 Å². The van der Waals surface area contributed by atoms with Crippen molar-refractivity contribution in [2.24, 2.45) is 5.92 Å². The molecule has 0 amide bonds. The lowest BCUT2D eigenvalue weighted by Gasteiger charge is -2.35. The Morgan fingerprint density at radius 3 is 2.76 bits per heavy atom. The van der Waals surface area contributed by atoms with Crippen molar-refractivity contribution in [1.29, 1.82) is 0 Å². The molecule has 5 nitrogen and oxygen atoms in total. The fourth-order valence-electron chi connectivity index (χ4n) is 4.04. The summed E-state index contributed by atoms with van der Waals surface area (Å²) >= 11 is 1.52. The van der Waals surface area contributed by atoms with Gasteiger partial charge in [-0.25, -0.2) is 9.37 Å². The predicted molar refractivity (Wildman–Crippen MR) is 114 cm³/mol. The third-order valence-electron chi connectivity index (χ3n) is 5.65. The summed E-state index contributed by atoms with van der Waals surface area (Å²) in [6.07, 6.45) is 2.35. The summed E-state index contributed by atoms with van der Waals surface area (Å²) < 4.78 is 26.6. The lowest BCUT2D eigenvalue weighted by atomic mass is 9.96. The van der Waals surface area contributed by atoms with E-state index in [-0.39, 0.29) is 11.9 Å². The molecule has 152 valence electrons. The van der Waals surface area contributed by atoms with Gasteiger partial charge in [-0.1, -0.05) is 29.5 Å². The molecule has 0 aliphatic carbocycles. The van der Waals surface area contributed by atoms with Crippen molar-refractivity contribution in [2.45, 2.75) is 18.9 Å². The molecular formula is C22H24FN3O2S. The number of nitrogens with one attached hydrogen (secondary N) is 1. The maximum absolute atomic E-state index is 13.8. The van der Waals surface area contributed by atoms with Crippen molar-refractivity contribution in [3.8, 4) is 11.5 Å². The number of thiazole rings is 1. The van der Waals surface area contributed by atoms with Crippen LogP contribution >= 0.6 is 11.3 Å². The van der Waals surface area contributed by atoms with Gasteiger partial charge in [0.15, 0.2) is 16.6 Å². The van der Waals surface area contributed by atoms with E-state index in [1.807, 2.05) is 30.3 Å². The third-order valence-corrected chi connectivity index (χ3v) is 6.63. The fourth-order valence-corrected chi connectivity index (χ4v) is 4.92. The number of halogens is 1. The molecule has 7 heteroatoms. The number of likely N-dealkylation sites (tertiary alicyclic amines) is 1. The van der Waals surface area contributed by atoms with Crippen molar-refractivity contribution in [1.82, 2.24) is 9.88 Å². The van der Waals surface area contributed by atoms with Gasteiger partial charge in [-0.15, -0.1) is 0 Å². The zero-order chi connectivity index (χ0) is 19.6. The van der Waals surface area contributed by atoms with Gasteiger partial charge in [0, 0.05) is 13.1 Å². The number of ether oxygens (including phenoxy) is 2. The van der Waals surface area contributed by atoms with E-state index in [1.165, 1.54) is 17.4 Å². The van der Waals surface area contributed by atoms with Crippen LogP contribution in [0.1, 0.15) is 12.8 Å². The molecule has 3 aromatic rings. The molecule has 29 heavy (non-hydrogen) atoms. The van der Waals surface area contributed by atoms with Crippen LogP contribution in [0.3, 0.4) is 0 Å². The number of nitrogens with zero attached hydrogens (tertiary/aromatic N) is 2. The van der Waals surface area contributed by atoms with Crippen molar-refractivity contribution in [3.63, 3.8) is 0 Å². The van der Waals surface area contributed by atoms with Crippen LogP contribution in [0.2, 0.25) is 0 Å². The highest BCUT2D eigenvalue weighted by Gasteiger charge is 2.26. The van der Waals surface area contributed by atoms with E-state index in [0.29, 0.717) is 18.0 Å². The van der Waals surface area contributed by atoms with Crippen LogP contribution in [0, 0.1) is 11.7 Å². The number of hydrogen-bond donors (Lipinski definition) is 1. The average molecular weight is 414 g/mol. The number of para-hydroxylation sites is 3. The molecule has 2 aliphatic rings. The van der Waals surface area contributed by atoms with Gasteiger partial charge >= 0.3 is 0 Å². The Bertz CT molecular complexity index is 987. The van der Waals surface area contributed by atoms with Crippen LogP contribution in [-0.4, -0.2) is 48.8 Å². The zero-order valence-electron chi connectivity index (χ0n) is 16.1. The fraction of sp³-hybridized carbons (Fsp3) is 0.409. The van der Waals surface area contributed by atoms with Gasteiger partial charge in [-0.2, -0.15) is 0 Å². The molecule has 1 fully saturated rings. The molecule has 0 saturated carbocycles. The van der Waals surface area contributed by atoms with Crippen LogP contribution < -0.4 is 14.8 Å². The lowest BCUT2D eigenvalue weighted by Crippen LogP contribution is -2.44. The van der Waals surface area contributed by atoms with E-state index in [0.717, 1.165) is 60.4 Å². The Hall–Kier alpha value is -2.38. The number of rotatable bonds is 5. The second-order valence-electron chi connectivity index (χ2n) is 7.73. The first-order valence-corrected chi connectivity index (χ1v) is 11.0. The summed E-state index contributed by atoms with van der Waals surface area (Å²) in [6.45, 7) is 4.49. The minimum Gasteiger partial charge on any atom is -0.486 e. The number of piperidine rings is 1. The molecule has 1 N–H and O–H groups in total. The molecule has 5 rings (SSSR count). The van der Waals surface area contributed by atoms with Crippen LogP contribution in [0.15, 0.2) is 42.5 Å². The van der Waals surface area contributed by atoms with Crippen molar-refractivity contribution in [2.75, 3.05) is 38.1 Å². The Morgan fingerprint density at radius 2 is 1.93 bits per heavy atom. The van der Waals surface area contributed by atoms with E-state index in [1.54, 1.807) is 6.07 Å². The largest absolute Gasteiger partial charge is 0.486 e. The summed E-state index contributed by atoms with van der Waals surface area (Å²) in [6, 6.07) is 13.0. The summed E-state index contributed by atoms with van der Waals surface area (Å²) in [7, 11) is 0. The molecule has 2 aromatic carbocycles. The average Bonchev–Trinajstić information content (AvgIpc) is 3.18. The van der Waals surface area contributed by atoms with E-state index >= 15 is 0 Å². The first-order chi connectivity index (χ1) is 14.2. The molecule has 1 saturated heterocycles. The second-order valence-corrected chi connectivity index (χ2v) is 8.76. The minimum absolute atomic E-state index is 0.0808. The van der Waals surface area contributed by atoms with Crippen LogP contribution in [0.5, 0.6) is 11.5 Å². The van der Waals surface area contributed by atoms with Gasteiger partial charge < -0.3 is 14.8 Å². The second kappa shape index (κ2) is 8.16. The molecule has 0 spiro atoms. The van der Waals surface area contributed by atoms with Gasteiger partial charge in [-0.3, -0.25) is 4.90 Å². The maximum atomic E-state index is 13.8. The third kappa shape index (κ3) is 4.16. The Labute approximate surface area is 173 Å². The number of anilines is 1. The number of fused-ring (bicyclic) bond motifs is 2. The summed E-state index contributed by atoms with van der Waals surface area (Å²) in [5.41, 5.74) is 0.464. The van der Waals surface area contributed by atoms with Crippen LogP contribution in [-0.2, 0) is 0 Å². The van der Waals surface area contributed by atoms with Gasteiger partial charge in [0.1, 0.15) is 24.0 Å². The normalized spacial score (nSPS) is 20.1. The lowest BCUT2D eigenvalue weighted by molar-refractivity contribution is 0.0485. The topological polar surface area (TPSA) is 46.6 Å². The Kier molecular flexibility index (Phi) is 5.24. The molecule has 0 radical (unpaired) electrons. The highest BCUT2D eigenvalue weighted by Crippen LogP contribution is 2.32. The number of benzene rings is 2. The van der Waals surface area contributed by atoms with Gasteiger partial charge in [0.2, 0.25) is 0 Å². The first kappa shape index (κ1) is 18.6. The Morgan fingerprint density at radius 1 is 1.10 bits per heavy atom. The maximum Gasteiger partial charge on any atom is 0.183 e. The predicted octanol–water partition coefficient (Wildman–Crippen LogP) is 4.40. The monoisotopic (exact) mass is 413 g/mol. The SMILES string of the molecule is Fc1cccc2sc(NCC3CCN(CC4COc5ccccc5O4)CC3)nc12. The Balaban J connectivity index is 1.09. The molecule has 1 unspecified atom stereocenters. The summed E-state index contributed by atoms with van der Waals surface area (Å²) in [4.78, 5) is 6.86. The molecule has 1 atom stereocenters. The number of aromatic nitrogens is 1. The molecule has 1 aromatic heterocycles. The minimum atomic E-state index is -0.253. The van der Waals surface area contributed by atoms with Gasteiger partial charge in [0.25, 0.3) is 0 Å². The van der Waals surface area contributed by atoms with Gasteiger partial charge in [0.05, 0.1) is 4.70 Å². The number of hydrogen-bond acceptors (Lipinski definition) is 6. The molecular weight excluding hydrogens is 389 g/mol. The standard InChI is InChI=1S/C22H24FN3O2S/c23-17-4-3-7-20-21(17)25-22(29-20)24-12-15-8-10-26(11-9-15)13-16-14-27-18-5-1-2-6-19(18)28-16/h1-7,15-16H,8-14H2,(H,24,25). The highest BCUT2D eigenvalue weighted by atomic mass is 32.1. The van der Waals surface area contributed by atoms with Crippen LogP contribution in [0.25, 0.3) is 10.2 Å². The molecule has 3 heterocycles. The van der Waals surface area contributed by atoms with Crippen molar-refractivity contribution >= 4 is 26.7 Å².